The first-order chi connectivity index (χ1) is 9.34. The molecule has 0 atom stereocenters. The first kappa shape index (κ1) is 17.2. The second kappa shape index (κ2) is 7.83. The van der Waals surface area contributed by atoms with E-state index in [0.29, 0.717) is 23.0 Å². The van der Waals surface area contributed by atoms with Crippen LogP contribution in [0, 0.1) is 0 Å². The molecule has 0 aliphatic rings. The fourth-order valence-electron chi connectivity index (χ4n) is 1.40. The second-order valence-corrected chi connectivity index (χ2v) is 7.00. The largest absolute Gasteiger partial charge is 0.355 e. The Bertz CT molecular complexity index is 576. The van der Waals surface area contributed by atoms with Gasteiger partial charge in [0.15, 0.2) is 0 Å². The zero-order valence-corrected chi connectivity index (χ0v) is 13.3. The first-order valence-corrected chi connectivity index (χ1v) is 8.43. The van der Waals surface area contributed by atoms with E-state index in [0.717, 1.165) is 5.56 Å². The molecule has 0 radical (unpaired) electrons. The van der Waals surface area contributed by atoms with E-state index in [4.69, 9.17) is 23.2 Å². The highest BCUT2D eigenvalue weighted by atomic mass is 35.5. The number of rotatable bonds is 7. The lowest BCUT2D eigenvalue weighted by atomic mass is 10.1. The Morgan fingerprint density at radius 3 is 2.60 bits per heavy atom. The van der Waals surface area contributed by atoms with Gasteiger partial charge in [0, 0.05) is 16.6 Å². The normalized spacial score (nSPS) is 11.3. The molecule has 0 fully saturated rings. The van der Waals surface area contributed by atoms with Crippen molar-refractivity contribution >= 4 is 39.1 Å². The van der Waals surface area contributed by atoms with Crippen molar-refractivity contribution in [1.29, 1.82) is 0 Å². The number of amides is 1. The molecule has 0 aliphatic heterocycles. The maximum Gasteiger partial charge on any atom is 0.235 e. The van der Waals surface area contributed by atoms with E-state index in [9.17, 15) is 13.2 Å². The number of carbonyl (C=O) groups excluding carboxylic acids is 1. The molecule has 1 aromatic carbocycles. The van der Waals surface area contributed by atoms with Gasteiger partial charge in [-0.1, -0.05) is 29.3 Å². The lowest BCUT2D eigenvalue weighted by Crippen LogP contribution is -2.38. The Morgan fingerprint density at radius 1 is 1.30 bits per heavy atom. The summed E-state index contributed by atoms with van der Waals surface area (Å²) in [4.78, 5) is 11.4. The summed E-state index contributed by atoms with van der Waals surface area (Å²) in [5.41, 5.74) is 0.866. The van der Waals surface area contributed by atoms with Crippen LogP contribution in [0.25, 0.3) is 0 Å². The van der Waals surface area contributed by atoms with Crippen LogP contribution in [0.5, 0.6) is 0 Å². The van der Waals surface area contributed by atoms with E-state index in [2.05, 4.69) is 10.0 Å². The molecule has 2 N–H and O–H groups in total. The van der Waals surface area contributed by atoms with Crippen LogP contribution in [-0.2, 0) is 21.2 Å². The predicted octanol–water partition coefficient (Wildman–Crippen LogP) is 1.59. The molecule has 5 nitrogen and oxygen atoms in total. The highest BCUT2D eigenvalue weighted by molar-refractivity contribution is 7.89. The van der Waals surface area contributed by atoms with Crippen LogP contribution in [-0.4, -0.2) is 33.2 Å². The minimum absolute atomic E-state index is 0.0549. The van der Waals surface area contributed by atoms with Crippen LogP contribution in [0.15, 0.2) is 18.2 Å². The second-order valence-electron chi connectivity index (χ2n) is 4.06. The predicted molar refractivity (Wildman–Crippen MR) is 80.6 cm³/mol. The van der Waals surface area contributed by atoms with Crippen LogP contribution < -0.4 is 10.0 Å². The van der Waals surface area contributed by atoms with E-state index in [-0.39, 0.29) is 18.2 Å². The van der Waals surface area contributed by atoms with Crippen molar-refractivity contribution in [2.24, 2.45) is 0 Å². The smallest absolute Gasteiger partial charge is 0.235 e. The quantitative estimate of drug-likeness (QED) is 0.792. The number of carbonyl (C=O) groups is 1. The number of nitrogens with one attached hydrogen (secondary N) is 2. The topological polar surface area (TPSA) is 75.3 Å². The third-order valence-electron chi connectivity index (χ3n) is 2.56. The zero-order chi connectivity index (χ0) is 15.2. The summed E-state index contributed by atoms with van der Waals surface area (Å²) in [7, 11) is -3.35. The maximum atomic E-state index is 11.4. The Balaban J connectivity index is 2.35. The van der Waals surface area contributed by atoms with Gasteiger partial charge in [-0.2, -0.15) is 0 Å². The van der Waals surface area contributed by atoms with Gasteiger partial charge in [-0.15, -0.1) is 0 Å². The highest BCUT2D eigenvalue weighted by Crippen LogP contribution is 2.20. The van der Waals surface area contributed by atoms with Gasteiger partial charge in [0.1, 0.15) is 0 Å². The third-order valence-corrected chi connectivity index (χ3v) is 4.50. The van der Waals surface area contributed by atoms with Gasteiger partial charge in [-0.3, -0.25) is 4.79 Å². The van der Waals surface area contributed by atoms with Crippen molar-refractivity contribution in [1.82, 2.24) is 10.0 Å². The van der Waals surface area contributed by atoms with Gasteiger partial charge in [0.25, 0.3) is 0 Å². The van der Waals surface area contributed by atoms with Crippen LogP contribution in [0.2, 0.25) is 10.0 Å². The van der Waals surface area contributed by atoms with Gasteiger partial charge >= 0.3 is 0 Å². The molecule has 1 aromatic rings. The monoisotopic (exact) mass is 338 g/mol. The maximum absolute atomic E-state index is 11.4. The van der Waals surface area contributed by atoms with E-state index in [1.165, 1.54) is 6.92 Å². The summed E-state index contributed by atoms with van der Waals surface area (Å²) >= 11 is 11.8. The summed E-state index contributed by atoms with van der Waals surface area (Å²) in [6.45, 7) is 1.61. The number of sulfonamides is 1. The number of halogens is 2. The zero-order valence-electron chi connectivity index (χ0n) is 10.9. The third kappa shape index (κ3) is 6.09. The van der Waals surface area contributed by atoms with Gasteiger partial charge in [-0.25, -0.2) is 13.1 Å². The number of benzene rings is 1. The van der Waals surface area contributed by atoms with E-state index >= 15 is 0 Å². The minimum atomic E-state index is -3.35. The Labute approximate surface area is 128 Å². The fraction of sp³-hybridized carbons (Fsp3) is 0.417. The van der Waals surface area contributed by atoms with E-state index in [1.807, 2.05) is 0 Å². The van der Waals surface area contributed by atoms with Crippen LogP contribution in [0.1, 0.15) is 12.5 Å². The summed E-state index contributed by atoms with van der Waals surface area (Å²) in [5, 5.41) is 3.70. The van der Waals surface area contributed by atoms with E-state index in [1.54, 1.807) is 18.2 Å². The summed E-state index contributed by atoms with van der Waals surface area (Å²) < 4.78 is 24.5. The molecular weight excluding hydrogens is 323 g/mol. The molecule has 1 rings (SSSR count). The number of hydrogen-bond donors (Lipinski definition) is 2. The summed E-state index contributed by atoms with van der Waals surface area (Å²) in [5.74, 6) is -0.437. The van der Waals surface area contributed by atoms with E-state index < -0.39 is 10.0 Å². The molecule has 112 valence electrons. The van der Waals surface area contributed by atoms with Crippen molar-refractivity contribution in [2.75, 3.05) is 18.8 Å². The lowest BCUT2D eigenvalue weighted by molar-refractivity contribution is -0.119. The molecule has 0 saturated heterocycles. The molecule has 0 unspecified atom stereocenters. The molecule has 8 heteroatoms. The van der Waals surface area contributed by atoms with Crippen molar-refractivity contribution in [3.05, 3.63) is 33.8 Å². The molecular formula is C12H16Cl2N2O3S. The average molecular weight is 339 g/mol. The van der Waals surface area contributed by atoms with Crippen LogP contribution in [0.3, 0.4) is 0 Å². The average Bonchev–Trinajstić information content (AvgIpc) is 2.39. The van der Waals surface area contributed by atoms with Crippen LogP contribution in [0.4, 0.5) is 0 Å². The molecule has 0 saturated carbocycles. The number of hydrogen-bond acceptors (Lipinski definition) is 3. The molecule has 1 amide bonds. The SMILES string of the molecule is CCS(=O)(=O)NCC(=O)NCCc1ccc(Cl)cc1Cl. The summed E-state index contributed by atoms with van der Waals surface area (Å²) in [6.07, 6.45) is 0.544. The van der Waals surface area contributed by atoms with Gasteiger partial charge in [0.2, 0.25) is 15.9 Å². The Kier molecular flexibility index (Phi) is 6.75. The minimum Gasteiger partial charge on any atom is -0.355 e. The molecule has 0 heterocycles. The molecule has 0 spiro atoms. The summed E-state index contributed by atoms with van der Waals surface area (Å²) in [6, 6.07) is 5.15. The Morgan fingerprint density at radius 2 is 2.00 bits per heavy atom. The lowest BCUT2D eigenvalue weighted by Gasteiger charge is -2.08. The van der Waals surface area contributed by atoms with Crippen molar-refractivity contribution in [3.8, 4) is 0 Å². The van der Waals surface area contributed by atoms with Gasteiger partial charge in [0.05, 0.1) is 12.3 Å². The molecule has 0 bridgehead atoms. The highest BCUT2D eigenvalue weighted by Gasteiger charge is 2.09. The van der Waals surface area contributed by atoms with Crippen molar-refractivity contribution < 1.29 is 13.2 Å². The molecule has 0 aromatic heterocycles. The fourth-order valence-corrected chi connectivity index (χ4v) is 2.46. The van der Waals surface area contributed by atoms with Gasteiger partial charge in [-0.05, 0) is 31.0 Å². The van der Waals surface area contributed by atoms with Gasteiger partial charge < -0.3 is 5.32 Å². The van der Waals surface area contributed by atoms with Crippen molar-refractivity contribution in [3.63, 3.8) is 0 Å². The van der Waals surface area contributed by atoms with Crippen LogP contribution >= 0.6 is 23.2 Å². The first-order valence-electron chi connectivity index (χ1n) is 6.02. The van der Waals surface area contributed by atoms with Crippen molar-refractivity contribution in [2.45, 2.75) is 13.3 Å². The molecule has 20 heavy (non-hydrogen) atoms. The standard InChI is InChI=1S/C12H16Cl2N2O3S/c1-2-20(18,19)16-8-12(17)15-6-5-9-3-4-10(13)7-11(9)14/h3-4,7,16H,2,5-6,8H2,1H3,(H,15,17). The Hall–Kier alpha value is -0.820. The molecule has 0 aliphatic carbocycles.